The SMILES string of the molecule is c1ccc(-n2[nH]cc3c4c(ccc32)nc2cc3c(ccc5ccccc53)cc24)cc1. The normalized spacial score (nSPS) is 12.0. The van der Waals surface area contributed by atoms with Gasteiger partial charge in [0.15, 0.2) is 0 Å². The van der Waals surface area contributed by atoms with Crippen molar-refractivity contribution in [3.05, 3.63) is 97.2 Å². The molecule has 3 nitrogen and oxygen atoms in total. The Morgan fingerprint density at radius 2 is 1.43 bits per heavy atom. The third-order valence-corrected chi connectivity index (χ3v) is 6.17. The average molecular weight is 383 g/mol. The molecule has 7 rings (SSSR count). The lowest BCUT2D eigenvalue weighted by molar-refractivity contribution is 0.911. The number of nitrogens with one attached hydrogen (secondary N) is 1. The predicted octanol–water partition coefficient (Wildman–Crippen LogP) is 6.97. The van der Waals surface area contributed by atoms with Gasteiger partial charge >= 0.3 is 0 Å². The van der Waals surface area contributed by atoms with Gasteiger partial charge in [0.2, 0.25) is 0 Å². The van der Waals surface area contributed by atoms with Crippen molar-refractivity contribution in [3.8, 4) is 5.69 Å². The fourth-order valence-corrected chi connectivity index (χ4v) is 4.77. The third kappa shape index (κ3) is 2.06. The van der Waals surface area contributed by atoms with Gasteiger partial charge in [0, 0.05) is 22.4 Å². The van der Waals surface area contributed by atoms with Crippen molar-refractivity contribution in [1.29, 1.82) is 0 Å². The molecular formula is C27H17N3. The first kappa shape index (κ1) is 15.8. The van der Waals surface area contributed by atoms with Crippen molar-refractivity contribution >= 4 is 54.3 Å². The van der Waals surface area contributed by atoms with Crippen LogP contribution in [-0.4, -0.2) is 14.8 Å². The molecule has 0 unspecified atom stereocenters. The molecule has 0 spiro atoms. The van der Waals surface area contributed by atoms with E-state index in [1.165, 1.54) is 37.7 Å². The molecule has 0 aliphatic carbocycles. The van der Waals surface area contributed by atoms with Crippen molar-refractivity contribution in [2.24, 2.45) is 0 Å². The molecule has 7 aromatic rings. The topological polar surface area (TPSA) is 33.6 Å². The minimum atomic E-state index is 1.04. The smallest absolute Gasteiger partial charge is 0.0725 e. The Balaban J connectivity index is 1.59. The van der Waals surface area contributed by atoms with Gasteiger partial charge in [0.05, 0.1) is 22.2 Å². The number of aromatic amines is 1. The number of fused-ring (bicyclic) bond motifs is 8. The van der Waals surface area contributed by atoms with E-state index in [1.54, 1.807) is 0 Å². The highest BCUT2D eigenvalue weighted by Crippen LogP contribution is 2.36. The molecule has 2 aromatic heterocycles. The number of rotatable bonds is 1. The number of aromatic nitrogens is 3. The van der Waals surface area contributed by atoms with Gasteiger partial charge in [-0.15, -0.1) is 0 Å². The van der Waals surface area contributed by atoms with Crippen molar-refractivity contribution in [2.75, 3.05) is 0 Å². The monoisotopic (exact) mass is 383 g/mol. The van der Waals surface area contributed by atoms with E-state index < -0.39 is 0 Å². The van der Waals surface area contributed by atoms with Gasteiger partial charge < -0.3 is 5.10 Å². The van der Waals surface area contributed by atoms with Gasteiger partial charge in [-0.2, -0.15) is 0 Å². The molecular weight excluding hydrogens is 366 g/mol. The molecule has 30 heavy (non-hydrogen) atoms. The average Bonchev–Trinajstić information content (AvgIpc) is 3.39. The van der Waals surface area contributed by atoms with Gasteiger partial charge in [-0.3, -0.25) is 4.68 Å². The summed E-state index contributed by atoms with van der Waals surface area (Å²) in [5.74, 6) is 0. The summed E-state index contributed by atoms with van der Waals surface area (Å²) in [4.78, 5) is 4.98. The Kier molecular flexibility index (Phi) is 3.00. The van der Waals surface area contributed by atoms with Gasteiger partial charge in [-0.05, 0) is 57.9 Å². The zero-order chi connectivity index (χ0) is 19.7. The summed E-state index contributed by atoms with van der Waals surface area (Å²) in [6, 6.07) is 32.2. The summed E-state index contributed by atoms with van der Waals surface area (Å²) >= 11 is 0. The number of para-hydroxylation sites is 1. The first-order valence-corrected chi connectivity index (χ1v) is 10.2. The Hall–Kier alpha value is -4.11. The zero-order valence-electron chi connectivity index (χ0n) is 16.1. The molecule has 0 amide bonds. The largest absolute Gasteiger partial charge is 0.300 e. The van der Waals surface area contributed by atoms with Crippen LogP contribution in [0.2, 0.25) is 0 Å². The van der Waals surface area contributed by atoms with Crippen LogP contribution in [0.15, 0.2) is 97.2 Å². The Morgan fingerprint density at radius 1 is 0.600 bits per heavy atom. The lowest BCUT2D eigenvalue weighted by Gasteiger charge is -2.05. The molecule has 0 fully saturated rings. The molecule has 0 saturated carbocycles. The number of nitrogens with zero attached hydrogens (tertiary/aromatic N) is 2. The summed E-state index contributed by atoms with van der Waals surface area (Å²) in [7, 11) is 0. The molecule has 3 heteroatoms. The summed E-state index contributed by atoms with van der Waals surface area (Å²) in [6.07, 6.45) is 2.09. The Bertz CT molecular complexity index is 1740. The zero-order valence-corrected chi connectivity index (χ0v) is 16.1. The number of benzene rings is 5. The van der Waals surface area contributed by atoms with Crippen LogP contribution >= 0.6 is 0 Å². The van der Waals surface area contributed by atoms with Crippen LogP contribution in [0, 0.1) is 0 Å². The number of hydrogen-bond acceptors (Lipinski definition) is 1. The maximum atomic E-state index is 4.98. The fraction of sp³-hybridized carbons (Fsp3) is 0. The first-order chi connectivity index (χ1) is 14.9. The van der Waals surface area contributed by atoms with Crippen molar-refractivity contribution in [1.82, 2.24) is 14.8 Å². The second-order valence-corrected chi connectivity index (χ2v) is 7.83. The van der Waals surface area contributed by atoms with Crippen LogP contribution in [0.4, 0.5) is 0 Å². The van der Waals surface area contributed by atoms with Crippen LogP contribution in [0.5, 0.6) is 0 Å². The van der Waals surface area contributed by atoms with Crippen molar-refractivity contribution < 1.29 is 0 Å². The maximum Gasteiger partial charge on any atom is 0.0725 e. The van der Waals surface area contributed by atoms with Crippen molar-refractivity contribution in [2.45, 2.75) is 0 Å². The number of H-pyrrole nitrogens is 1. The highest BCUT2D eigenvalue weighted by atomic mass is 15.3. The van der Waals surface area contributed by atoms with Crippen LogP contribution < -0.4 is 0 Å². The second kappa shape index (κ2) is 5.71. The first-order valence-electron chi connectivity index (χ1n) is 10.2. The van der Waals surface area contributed by atoms with Gasteiger partial charge in [-0.1, -0.05) is 54.6 Å². The van der Waals surface area contributed by atoms with E-state index >= 15 is 0 Å². The lowest BCUT2D eigenvalue weighted by atomic mass is 9.99. The van der Waals surface area contributed by atoms with Crippen LogP contribution in [0.3, 0.4) is 0 Å². The Labute approximate surface area is 172 Å². The molecule has 140 valence electrons. The minimum absolute atomic E-state index is 1.04. The van der Waals surface area contributed by atoms with E-state index in [-0.39, 0.29) is 0 Å². The molecule has 0 aliphatic rings. The Morgan fingerprint density at radius 3 is 2.37 bits per heavy atom. The number of hydrogen-bond donors (Lipinski definition) is 1. The van der Waals surface area contributed by atoms with Gasteiger partial charge in [0.25, 0.3) is 0 Å². The predicted molar refractivity (Wildman–Crippen MR) is 125 cm³/mol. The molecule has 5 aromatic carbocycles. The van der Waals surface area contributed by atoms with Crippen molar-refractivity contribution in [3.63, 3.8) is 0 Å². The van der Waals surface area contributed by atoms with Crippen LogP contribution in [-0.2, 0) is 0 Å². The summed E-state index contributed by atoms with van der Waals surface area (Å²) < 4.78 is 2.13. The molecule has 0 atom stereocenters. The summed E-state index contributed by atoms with van der Waals surface area (Å²) in [5, 5.41) is 12.1. The lowest BCUT2D eigenvalue weighted by Crippen LogP contribution is -1.94. The molecule has 0 aliphatic heterocycles. The molecule has 0 radical (unpaired) electrons. The fourth-order valence-electron chi connectivity index (χ4n) is 4.77. The van der Waals surface area contributed by atoms with E-state index in [1.807, 2.05) is 6.07 Å². The molecule has 0 bridgehead atoms. The highest BCUT2D eigenvalue weighted by Gasteiger charge is 2.14. The van der Waals surface area contributed by atoms with E-state index in [2.05, 4.69) is 101 Å². The summed E-state index contributed by atoms with van der Waals surface area (Å²) in [6.45, 7) is 0. The minimum Gasteiger partial charge on any atom is -0.300 e. The second-order valence-electron chi connectivity index (χ2n) is 7.83. The van der Waals surface area contributed by atoms with E-state index in [9.17, 15) is 0 Å². The van der Waals surface area contributed by atoms with Gasteiger partial charge in [0.1, 0.15) is 0 Å². The van der Waals surface area contributed by atoms with E-state index in [0.29, 0.717) is 0 Å². The molecule has 0 saturated heterocycles. The van der Waals surface area contributed by atoms with Crippen LogP contribution in [0.1, 0.15) is 0 Å². The van der Waals surface area contributed by atoms with E-state index in [0.717, 1.165) is 22.2 Å². The molecule has 2 heterocycles. The highest BCUT2D eigenvalue weighted by molar-refractivity contribution is 6.23. The summed E-state index contributed by atoms with van der Waals surface area (Å²) in [5.41, 5.74) is 4.36. The molecule has 1 N–H and O–H groups in total. The van der Waals surface area contributed by atoms with Gasteiger partial charge in [-0.25, -0.2) is 4.98 Å². The quantitative estimate of drug-likeness (QED) is 0.305. The third-order valence-electron chi connectivity index (χ3n) is 6.17. The standard InChI is InChI=1S/C27H17N3/c1-2-7-19(8-3-1)30-26-13-12-24-27(23(26)16-28-30)22-14-18-11-10-17-6-4-5-9-20(17)21(18)15-25(22)29-24/h1-16,28H. The maximum absolute atomic E-state index is 4.98. The van der Waals surface area contributed by atoms with E-state index in [4.69, 9.17) is 4.98 Å². The van der Waals surface area contributed by atoms with Crippen LogP contribution in [0.25, 0.3) is 59.9 Å².